The van der Waals surface area contributed by atoms with Gasteiger partial charge in [0.1, 0.15) is 6.04 Å². The molecule has 2 aromatic heterocycles. The van der Waals surface area contributed by atoms with E-state index in [0.717, 1.165) is 24.4 Å². The van der Waals surface area contributed by atoms with Crippen LogP contribution in [0, 0.1) is 13.8 Å². The molecule has 0 aliphatic carbocycles. The second-order valence-electron chi connectivity index (χ2n) is 6.91. The van der Waals surface area contributed by atoms with Gasteiger partial charge in [0.2, 0.25) is 0 Å². The van der Waals surface area contributed by atoms with Crippen LogP contribution in [-0.2, 0) is 6.54 Å². The van der Waals surface area contributed by atoms with Crippen LogP contribution in [0.4, 0.5) is 0 Å². The Morgan fingerprint density at radius 2 is 2.08 bits per heavy atom. The molecule has 132 valence electrons. The lowest BCUT2D eigenvalue weighted by Gasteiger charge is -2.32. The summed E-state index contributed by atoms with van der Waals surface area (Å²) < 4.78 is 2.41. The highest BCUT2D eigenvalue weighted by Gasteiger charge is 2.46. The number of aromatic nitrogens is 2. The molecule has 4 rings (SSSR count). The lowest BCUT2D eigenvalue weighted by Crippen LogP contribution is -2.35. The molecule has 1 fully saturated rings. The SMILES string of the molecule is CC[C@@H]1CSC2=N[C@H](c3ccccn3)[C@@H](c3cc(C)n(CC)c3C)N21. The van der Waals surface area contributed by atoms with E-state index in [1.165, 1.54) is 22.1 Å². The zero-order chi connectivity index (χ0) is 17.6. The largest absolute Gasteiger partial charge is 0.349 e. The number of thioether (sulfide) groups is 1. The van der Waals surface area contributed by atoms with Crippen molar-refractivity contribution in [2.45, 2.75) is 58.8 Å². The van der Waals surface area contributed by atoms with Crippen LogP contribution in [0.1, 0.15) is 55.0 Å². The van der Waals surface area contributed by atoms with Crippen molar-refractivity contribution < 1.29 is 0 Å². The Morgan fingerprint density at radius 1 is 1.24 bits per heavy atom. The Morgan fingerprint density at radius 3 is 2.72 bits per heavy atom. The fraction of sp³-hybridized carbons (Fsp3) is 0.500. The monoisotopic (exact) mass is 354 g/mol. The molecule has 0 amide bonds. The quantitative estimate of drug-likeness (QED) is 0.810. The Kier molecular flexibility index (Phi) is 4.36. The first-order valence-corrected chi connectivity index (χ1v) is 10.2. The Labute approximate surface area is 154 Å². The van der Waals surface area contributed by atoms with E-state index in [0.29, 0.717) is 6.04 Å². The molecule has 25 heavy (non-hydrogen) atoms. The van der Waals surface area contributed by atoms with Crippen LogP contribution in [0.3, 0.4) is 0 Å². The lowest BCUT2D eigenvalue weighted by atomic mass is 9.95. The van der Waals surface area contributed by atoms with Gasteiger partial charge in [-0.1, -0.05) is 24.8 Å². The van der Waals surface area contributed by atoms with E-state index in [1.54, 1.807) is 0 Å². The number of aryl methyl sites for hydroxylation is 1. The van der Waals surface area contributed by atoms with E-state index in [9.17, 15) is 0 Å². The van der Waals surface area contributed by atoms with Crippen molar-refractivity contribution in [3.8, 4) is 0 Å². The molecular weight excluding hydrogens is 328 g/mol. The van der Waals surface area contributed by atoms with Crippen molar-refractivity contribution in [3.05, 3.63) is 53.1 Å². The first-order chi connectivity index (χ1) is 12.2. The summed E-state index contributed by atoms with van der Waals surface area (Å²) in [5.74, 6) is 1.15. The fourth-order valence-electron chi connectivity index (χ4n) is 4.30. The Bertz CT molecular complexity index is 796. The maximum absolute atomic E-state index is 5.12. The summed E-state index contributed by atoms with van der Waals surface area (Å²) in [4.78, 5) is 12.3. The number of hydrogen-bond acceptors (Lipinski definition) is 4. The number of rotatable bonds is 4. The van der Waals surface area contributed by atoms with Crippen molar-refractivity contribution in [1.82, 2.24) is 14.5 Å². The summed E-state index contributed by atoms with van der Waals surface area (Å²) in [5, 5.41) is 1.20. The Hall–Kier alpha value is -1.75. The summed E-state index contributed by atoms with van der Waals surface area (Å²) >= 11 is 1.91. The third-order valence-corrected chi connectivity index (χ3v) is 6.70. The van der Waals surface area contributed by atoms with E-state index >= 15 is 0 Å². The molecule has 2 aliphatic heterocycles. The molecule has 2 aromatic rings. The van der Waals surface area contributed by atoms with E-state index in [2.05, 4.69) is 60.3 Å². The van der Waals surface area contributed by atoms with Crippen LogP contribution in [-0.4, -0.2) is 31.4 Å². The van der Waals surface area contributed by atoms with Crippen LogP contribution in [0.2, 0.25) is 0 Å². The molecule has 0 radical (unpaired) electrons. The number of hydrogen-bond donors (Lipinski definition) is 0. The third-order valence-electron chi connectivity index (χ3n) is 5.58. The second-order valence-corrected chi connectivity index (χ2v) is 7.89. The minimum Gasteiger partial charge on any atom is -0.349 e. The maximum Gasteiger partial charge on any atom is 0.160 e. The molecule has 4 nitrogen and oxygen atoms in total. The summed E-state index contributed by atoms with van der Waals surface area (Å²) in [7, 11) is 0. The highest BCUT2D eigenvalue weighted by atomic mass is 32.2. The molecule has 3 atom stereocenters. The zero-order valence-electron chi connectivity index (χ0n) is 15.4. The summed E-state index contributed by atoms with van der Waals surface area (Å²) in [6.07, 6.45) is 3.04. The lowest BCUT2D eigenvalue weighted by molar-refractivity contribution is 0.254. The molecule has 0 spiro atoms. The molecule has 0 saturated carbocycles. The van der Waals surface area contributed by atoms with Gasteiger partial charge in [-0.2, -0.15) is 0 Å². The first-order valence-electron chi connectivity index (χ1n) is 9.22. The molecule has 4 heterocycles. The average Bonchev–Trinajstić information content (AvgIpc) is 3.27. The smallest absolute Gasteiger partial charge is 0.160 e. The van der Waals surface area contributed by atoms with Crippen LogP contribution in [0.25, 0.3) is 0 Å². The Balaban J connectivity index is 1.83. The number of aliphatic imine (C=N–C) groups is 1. The summed E-state index contributed by atoms with van der Waals surface area (Å²) in [5.41, 5.74) is 5.19. The van der Waals surface area contributed by atoms with Crippen LogP contribution in [0.15, 0.2) is 35.5 Å². The van der Waals surface area contributed by atoms with Gasteiger partial charge in [-0.25, -0.2) is 0 Å². The van der Waals surface area contributed by atoms with Gasteiger partial charge in [-0.05, 0) is 51.0 Å². The number of nitrogens with zero attached hydrogens (tertiary/aromatic N) is 4. The molecule has 0 unspecified atom stereocenters. The molecule has 0 bridgehead atoms. The first kappa shape index (κ1) is 16.7. The zero-order valence-corrected chi connectivity index (χ0v) is 16.3. The molecule has 2 aliphatic rings. The van der Waals surface area contributed by atoms with Crippen molar-refractivity contribution in [2.75, 3.05) is 5.75 Å². The minimum absolute atomic E-state index is 0.0869. The molecule has 5 heteroatoms. The van der Waals surface area contributed by atoms with Crippen LogP contribution in [0.5, 0.6) is 0 Å². The minimum atomic E-state index is 0.0869. The van der Waals surface area contributed by atoms with Crippen molar-refractivity contribution in [1.29, 1.82) is 0 Å². The average molecular weight is 355 g/mol. The van der Waals surface area contributed by atoms with Gasteiger partial charge in [-0.3, -0.25) is 9.98 Å². The van der Waals surface area contributed by atoms with E-state index in [1.807, 2.05) is 24.0 Å². The number of pyridine rings is 1. The normalized spacial score (nSPS) is 25.4. The second kappa shape index (κ2) is 6.52. The van der Waals surface area contributed by atoms with E-state index < -0.39 is 0 Å². The third kappa shape index (κ3) is 2.60. The molecule has 0 N–H and O–H groups in total. The topological polar surface area (TPSA) is 33.4 Å². The molecule has 0 aromatic carbocycles. The number of fused-ring (bicyclic) bond motifs is 1. The van der Waals surface area contributed by atoms with Gasteiger partial charge in [0.05, 0.1) is 11.7 Å². The van der Waals surface area contributed by atoms with Crippen molar-refractivity contribution >= 4 is 16.9 Å². The number of amidine groups is 1. The van der Waals surface area contributed by atoms with Gasteiger partial charge in [0, 0.05) is 35.9 Å². The summed E-state index contributed by atoms with van der Waals surface area (Å²) in [6.45, 7) is 9.98. The fourth-order valence-corrected chi connectivity index (χ4v) is 5.64. The van der Waals surface area contributed by atoms with Crippen molar-refractivity contribution in [3.63, 3.8) is 0 Å². The van der Waals surface area contributed by atoms with Crippen LogP contribution < -0.4 is 0 Å². The summed E-state index contributed by atoms with van der Waals surface area (Å²) in [6, 6.07) is 9.45. The highest BCUT2D eigenvalue weighted by Crippen LogP contribution is 2.49. The standard InChI is InChI=1S/C20H26N4S/c1-5-15-12-25-20-22-18(17-9-7-8-10-21-17)19(24(15)20)16-11-13(3)23(6-2)14(16)4/h7-11,15,18-19H,5-6,12H2,1-4H3/t15-,18-,19-/m1/s1. The van der Waals surface area contributed by atoms with Gasteiger partial charge < -0.3 is 9.47 Å². The van der Waals surface area contributed by atoms with E-state index in [4.69, 9.17) is 4.99 Å². The molecular formula is C20H26N4S. The van der Waals surface area contributed by atoms with Gasteiger partial charge in [0.25, 0.3) is 0 Å². The van der Waals surface area contributed by atoms with Gasteiger partial charge in [0.15, 0.2) is 5.17 Å². The van der Waals surface area contributed by atoms with Gasteiger partial charge in [-0.15, -0.1) is 0 Å². The van der Waals surface area contributed by atoms with Crippen molar-refractivity contribution in [2.24, 2.45) is 4.99 Å². The van der Waals surface area contributed by atoms with Crippen LogP contribution >= 0.6 is 11.8 Å². The van der Waals surface area contributed by atoms with Gasteiger partial charge >= 0.3 is 0 Å². The predicted octanol–water partition coefficient (Wildman–Crippen LogP) is 4.50. The maximum atomic E-state index is 5.12. The molecule has 1 saturated heterocycles. The highest BCUT2D eigenvalue weighted by molar-refractivity contribution is 8.14. The predicted molar refractivity (Wildman–Crippen MR) is 105 cm³/mol. The van der Waals surface area contributed by atoms with E-state index in [-0.39, 0.29) is 12.1 Å².